The molecule has 0 radical (unpaired) electrons. The van der Waals surface area contributed by atoms with Crippen LogP contribution in [0.2, 0.25) is 0 Å². The molecule has 7 heteroatoms. The number of hydrogen-bond acceptors (Lipinski definition) is 4. The normalized spacial score (nSPS) is 35.2. The summed E-state index contributed by atoms with van der Waals surface area (Å²) in [5.74, 6) is 2.89. The Labute approximate surface area is 186 Å². The maximum Gasteiger partial charge on any atom is 0.233 e. The number of imide groups is 1. The van der Waals surface area contributed by atoms with E-state index < -0.39 is 0 Å². The Bertz CT molecular complexity index is 695. The minimum atomic E-state index is -0.0872. The van der Waals surface area contributed by atoms with Crippen LogP contribution in [-0.2, 0) is 9.59 Å². The van der Waals surface area contributed by atoms with E-state index in [0.29, 0.717) is 13.1 Å². The molecular weight excluding hydrogens is 390 g/mol. The third-order valence-electron chi connectivity index (χ3n) is 7.52. The predicted octanol–water partition coefficient (Wildman–Crippen LogP) is 1.72. The van der Waals surface area contributed by atoms with Crippen LogP contribution >= 0.6 is 0 Å². The number of rotatable bonds is 8. The molecule has 7 nitrogen and oxygen atoms in total. The van der Waals surface area contributed by atoms with E-state index in [4.69, 9.17) is 0 Å². The Balaban J connectivity index is 1.11. The van der Waals surface area contributed by atoms with Crippen LogP contribution in [0, 0.1) is 35.5 Å². The lowest BCUT2D eigenvalue weighted by atomic mass is 9.85. The van der Waals surface area contributed by atoms with Crippen LogP contribution in [0.3, 0.4) is 0 Å². The summed E-state index contributed by atoms with van der Waals surface area (Å²) in [5, 5.41) is 6.71. The van der Waals surface area contributed by atoms with E-state index in [1.165, 1.54) is 24.4 Å². The lowest BCUT2D eigenvalue weighted by Crippen LogP contribution is -2.42. The van der Waals surface area contributed by atoms with Gasteiger partial charge in [-0.15, -0.1) is 0 Å². The van der Waals surface area contributed by atoms with Crippen molar-refractivity contribution in [2.24, 2.45) is 40.5 Å². The summed E-state index contributed by atoms with van der Waals surface area (Å²) < 4.78 is 0. The van der Waals surface area contributed by atoms with Crippen LogP contribution < -0.4 is 10.6 Å². The number of carbonyl (C=O) groups excluding carboxylic acids is 2. The Morgan fingerprint density at radius 3 is 2.03 bits per heavy atom. The van der Waals surface area contributed by atoms with Gasteiger partial charge in [0.25, 0.3) is 0 Å². The average molecular weight is 430 g/mol. The fraction of sp³-hybridized carbons (Fsp3) is 0.792. The second kappa shape index (κ2) is 9.72. The molecule has 2 aliphatic carbocycles. The topological polar surface area (TPSA) is 77.0 Å². The summed E-state index contributed by atoms with van der Waals surface area (Å²) in [5.41, 5.74) is 0. The molecule has 2 saturated heterocycles. The fourth-order valence-corrected chi connectivity index (χ4v) is 6.33. The molecule has 1 saturated carbocycles. The summed E-state index contributed by atoms with van der Waals surface area (Å²) in [6.45, 7) is 10.3. The lowest BCUT2D eigenvalue weighted by Gasteiger charge is -2.35. The van der Waals surface area contributed by atoms with Gasteiger partial charge in [-0.25, -0.2) is 0 Å². The minimum absolute atomic E-state index is 0.0516. The molecule has 4 rings (SSSR count). The molecule has 0 aromatic carbocycles. The van der Waals surface area contributed by atoms with Gasteiger partial charge in [0.05, 0.1) is 11.8 Å². The number of fused-ring (bicyclic) bond motifs is 5. The maximum absolute atomic E-state index is 12.7. The van der Waals surface area contributed by atoms with E-state index in [-0.39, 0.29) is 35.5 Å². The summed E-state index contributed by atoms with van der Waals surface area (Å²) in [7, 11) is 1.78. The van der Waals surface area contributed by atoms with Crippen LogP contribution in [-0.4, -0.2) is 73.9 Å². The summed E-state index contributed by atoms with van der Waals surface area (Å²) in [6.07, 6.45) is 8.45. The number of nitrogens with zero attached hydrogens (tertiary/aromatic N) is 3. The van der Waals surface area contributed by atoms with Crippen LogP contribution in [0.25, 0.3) is 0 Å². The predicted molar refractivity (Wildman–Crippen MR) is 122 cm³/mol. The lowest BCUT2D eigenvalue weighted by molar-refractivity contribution is -0.140. The zero-order valence-corrected chi connectivity index (χ0v) is 19.3. The molecule has 2 N–H and O–H groups in total. The number of amides is 2. The van der Waals surface area contributed by atoms with E-state index in [0.717, 1.165) is 50.1 Å². The van der Waals surface area contributed by atoms with Crippen LogP contribution in [0.5, 0.6) is 0 Å². The largest absolute Gasteiger partial charge is 0.356 e. The molecular formula is C24H39N5O2. The van der Waals surface area contributed by atoms with Gasteiger partial charge < -0.3 is 15.5 Å². The van der Waals surface area contributed by atoms with Crippen LogP contribution in [0.4, 0.5) is 0 Å². The highest BCUT2D eigenvalue weighted by Gasteiger charge is 2.58. The molecule has 2 aliphatic heterocycles. The van der Waals surface area contributed by atoms with Gasteiger partial charge in [-0.3, -0.25) is 19.5 Å². The number of nitrogens with one attached hydrogen (secondary N) is 2. The molecule has 0 aromatic heterocycles. The molecule has 6 atom stereocenters. The molecule has 2 heterocycles. The summed E-state index contributed by atoms with van der Waals surface area (Å²) >= 11 is 0. The molecule has 0 spiro atoms. The Kier molecular flexibility index (Phi) is 6.99. The van der Waals surface area contributed by atoms with Crippen molar-refractivity contribution in [3.8, 4) is 0 Å². The highest BCUT2D eigenvalue weighted by atomic mass is 16.2. The van der Waals surface area contributed by atoms with Crippen molar-refractivity contribution in [2.75, 3.05) is 46.3 Å². The first-order chi connectivity index (χ1) is 15.0. The van der Waals surface area contributed by atoms with Gasteiger partial charge in [-0.05, 0) is 55.9 Å². The third kappa shape index (κ3) is 4.81. The Morgan fingerprint density at radius 2 is 1.48 bits per heavy atom. The Hall–Kier alpha value is -1.89. The van der Waals surface area contributed by atoms with Crippen molar-refractivity contribution < 1.29 is 9.59 Å². The fourth-order valence-electron chi connectivity index (χ4n) is 6.33. The van der Waals surface area contributed by atoms with E-state index in [2.05, 4.69) is 46.5 Å². The van der Waals surface area contributed by atoms with E-state index in [9.17, 15) is 9.59 Å². The average Bonchev–Trinajstić information content (AvgIpc) is 3.41. The number of hydrogen-bond donors (Lipinski definition) is 2. The maximum atomic E-state index is 12.7. The highest BCUT2D eigenvalue weighted by Crippen LogP contribution is 2.52. The quantitative estimate of drug-likeness (QED) is 0.202. The van der Waals surface area contributed by atoms with Crippen molar-refractivity contribution >= 4 is 17.8 Å². The summed E-state index contributed by atoms with van der Waals surface area (Å²) in [4.78, 5) is 33.8. The standard InChI is InChI=1S/C24H39N5O2/c1-16-12-17(2)15-28(14-16)10-4-8-26-24(25-3)27-9-5-11-29-22(30)20-18-6-7-19(13-18)21(20)23(29)31/h6-7,16-21H,4-5,8-15H2,1-3H3,(H2,25,26,27). The number of carbonyl (C=O) groups is 2. The van der Waals surface area contributed by atoms with E-state index in [1.807, 2.05) is 0 Å². The molecule has 31 heavy (non-hydrogen) atoms. The second-order valence-electron chi connectivity index (χ2n) is 10.2. The van der Waals surface area contributed by atoms with Gasteiger partial charge >= 0.3 is 0 Å². The van der Waals surface area contributed by atoms with Crippen molar-refractivity contribution in [1.29, 1.82) is 0 Å². The molecule has 4 aliphatic rings. The molecule has 172 valence electrons. The number of piperidine rings is 1. The van der Waals surface area contributed by atoms with Crippen molar-refractivity contribution in [2.45, 2.75) is 39.5 Å². The first-order valence-electron chi connectivity index (χ1n) is 12.2. The molecule has 3 fully saturated rings. The van der Waals surface area contributed by atoms with Crippen LogP contribution in [0.15, 0.2) is 17.1 Å². The van der Waals surface area contributed by atoms with Gasteiger partial charge in [0.2, 0.25) is 11.8 Å². The molecule has 6 unspecified atom stereocenters. The van der Waals surface area contributed by atoms with Gasteiger partial charge in [-0.1, -0.05) is 26.0 Å². The van der Waals surface area contributed by atoms with Gasteiger partial charge in [-0.2, -0.15) is 0 Å². The van der Waals surface area contributed by atoms with E-state index in [1.54, 1.807) is 7.05 Å². The smallest absolute Gasteiger partial charge is 0.233 e. The second-order valence-corrected chi connectivity index (χ2v) is 10.2. The Morgan fingerprint density at radius 1 is 0.935 bits per heavy atom. The summed E-state index contributed by atoms with van der Waals surface area (Å²) in [6, 6.07) is 0. The molecule has 0 aromatic rings. The van der Waals surface area contributed by atoms with Gasteiger partial charge in [0, 0.05) is 39.8 Å². The number of allylic oxidation sites excluding steroid dienone is 2. The minimum Gasteiger partial charge on any atom is -0.356 e. The SMILES string of the molecule is CN=C(NCCCN1CC(C)CC(C)C1)NCCCN1C(=O)C2C3C=CC(C3)C2C1=O. The first-order valence-corrected chi connectivity index (χ1v) is 12.2. The molecule has 2 bridgehead atoms. The number of aliphatic imine (C=N–C) groups is 1. The van der Waals surface area contributed by atoms with E-state index >= 15 is 0 Å². The third-order valence-corrected chi connectivity index (χ3v) is 7.52. The highest BCUT2D eigenvalue weighted by molar-refractivity contribution is 6.06. The monoisotopic (exact) mass is 429 g/mol. The number of likely N-dealkylation sites (tertiary alicyclic amines) is 2. The van der Waals surface area contributed by atoms with Gasteiger partial charge in [0.15, 0.2) is 5.96 Å². The zero-order chi connectivity index (χ0) is 22.0. The number of guanidine groups is 1. The van der Waals surface area contributed by atoms with Crippen LogP contribution in [0.1, 0.15) is 39.5 Å². The van der Waals surface area contributed by atoms with Crippen molar-refractivity contribution in [1.82, 2.24) is 20.4 Å². The zero-order valence-electron chi connectivity index (χ0n) is 19.3. The van der Waals surface area contributed by atoms with Crippen molar-refractivity contribution in [3.05, 3.63) is 12.2 Å². The van der Waals surface area contributed by atoms with Crippen molar-refractivity contribution in [3.63, 3.8) is 0 Å². The molecule has 2 amide bonds. The van der Waals surface area contributed by atoms with Gasteiger partial charge in [0.1, 0.15) is 0 Å². The first kappa shape index (κ1) is 22.3.